The first kappa shape index (κ1) is 41.9. The van der Waals surface area contributed by atoms with Crippen molar-refractivity contribution in [1.82, 2.24) is 15.0 Å². The van der Waals surface area contributed by atoms with Crippen LogP contribution in [-0.2, 0) is 35.8 Å². The molecule has 6 aromatic carbocycles. The highest BCUT2D eigenvalue weighted by atomic mass is 32.2. The zero-order chi connectivity index (χ0) is 44.1. The van der Waals surface area contributed by atoms with Gasteiger partial charge in [0.2, 0.25) is 0 Å². The van der Waals surface area contributed by atoms with E-state index in [1.54, 1.807) is 42.7 Å². The molecule has 0 fully saturated rings. The minimum absolute atomic E-state index is 0.181. The van der Waals surface area contributed by atoms with Crippen LogP contribution >= 0.6 is 0 Å². The first-order chi connectivity index (χ1) is 31.1. The maximum absolute atomic E-state index is 13.9. The van der Waals surface area contributed by atoms with E-state index in [1.807, 2.05) is 78.9 Å². The first-order valence-corrected chi connectivity index (χ1v) is 22.2. The highest BCUT2D eigenvalue weighted by Gasteiger charge is 2.49. The highest BCUT2D eigenvalue weighted by Crippen LogP contribution is 2.42. The number of aromatic nitrogens is 3. The van der Waals surface area contributed by atoms with E-state index in [-0.39, 0.29) is 5.56 Å². The molecule has 9 rings (SSSR count). The van der Waals surface area contributed by atoms with Gasteiger partial charge in [-0.15, -0.1) is 0 Å². The van der Waals surface area contributed by atoms with Crippen molar-refractivity contribution in [2.45, 2.75) is 31.2 Å². The lowest BCUT2D eigenvalue weighted by atomic mass is 9.89. The average molecular weight is 868 g/mol. The normalized spacial score (nSPS) is 11.7. The van der Waals surface area contributed by atoms with Gasteiger partial charge < -0.3 is 4.18 Å². The van der Waals surface area contributed by atoms with E-state index < -0.39 is 21.4 Å². The highest BCUT2D eigenvalue weighted by molar-refractivity contribution is 7.88. The molecule has 316 valence electrons. The van der Waals surface area contributed by atoms with Gasteiger partial charge in [-0.3, -0.25) is 9.97 Å². The van der Waals surface area contributed by atoms with Crippen LogP contribution in [0.2, 0.25) is 0 Å². The Bertz CT molecular complexity index is 3080. The first-order valence-electron chi connectivity index (χ1n) is 20.8. The summed E-state index contributed by atoms with van der Waals surface area (Å²) in [5.41, 5.74) is 6.45. The second-order valence-electron chi connectivity index (χ2n) is 15.5. The third-order valence-corrected chi connectivity index (χ3v) is 12.1. The summed E-state index contributed by atoms with van der Waals surface area (Å²) >= 11 is 0. The van der Waals surface area contributed by atoms with Crippen LogP contribution in [0.5, 0.6) is 5.75 Å². The Kier molecular flexibility index (Phi) is 11.9. The van der Waals surface area contributed by atoms with Crippen LogP contribution in [0.3, 0.4) is 0 Å². The zero-order valence-electron chi connectivity index (χ0n) is 34.4. The number of benzene rings is 6. The Morgan fingerprint density at radius 2 is 0.969 bits per heavy atom. The monoisotopic (exact) mass is 867 g/mol. The summed E-state index contributed by atoms with van der Waals surface area (Å²) in [5, 5.41) is 0.881. The number of halogens is 3. The van der Waals surface area contributed by atoms with Gasteiger partial charge in [0.05, 0.1) is 22.6 Å². The molecule has 0 aliphatic rings. The van der Waals surface area contributed by atoms with Gasteiger partial charge in [-0.1, -0.05) is 133 Å². The molecule has 0 N–H and O–H groups in total. The van der Waals surface area contributed by atoms with Crippen molar-refractivity contribution in [2.24, 2.45) is 0 Å². The Morgan fingerprint density at radius 3 is 1.55 bits per heavy atom. The lowest BCUT2D eigenvalue weighted by Crippen LogP contribution is -2.28. The fourth-order valence-electron chi connectivity index (χ4n) is 7.87. The van der Waals surface area contributed by atoms with Crippen LogP contribution in [0.25, 0.3) is 66.9 Å². The van der Waals surface area contributed by atoms with E-state index in [2.05, 4.69) is 76.7 Å². The van der Waals surface area contributed by atoms with Gasteiger partial charge in [-0.2, -0.15) is 21.6 Å². The summed E-state index contributed by atoms with van der Waals surface area (Å²) in [4.78, 5) is 13.7. The van der Waals surface area contributed by atoms with Crippen LogP contribution in [0.4, 0.5) is 13.2 Å². The number of para-hydroxylation sites is 1. The predicted octanol–water partition coefficient (Wildman–Crippen LogP) is 13.2. The molecule has 3 aromatic heterocycles. The molecule has 0 aliphatic heterocycles. The molecular weight excluding hydrogens is 828 g/mol. The standard InChI is InChI=1S/C54H40F3N3O3S/c55-54(56,57)64(61,62)63-53-36-44(52-30-28-41-9-1-4-14-51(41)60-52)27-29-48(53)47-11-3-2-10-46(47)45-34-39(17-15-37-19-23-42(24-20-37)49-12-5-7-31-58-49)33-40(35-45)18-16-38-21-25-43(26-22-38)50-13-6-8-32-59-50/h1-14,19-36H,15-18H2. The summed E-state index contributed by atoms with van der Waals surface area (Å²) < 4.78 is 72.1. The molecule has 9 aromatic rings. The lowest BCUT2D eigenvalue weighted by molar-refractivity contribution is -0.0499. The Balaban J connectivity index is 1.08. The van der Waals surface area contributed by atoms with Crippen LogP contribution < -0.4 is 4.18 Å². The van der Waals surface area contributed by atoms with Crippen LogP contribution in [0, 0.1) is 0 Å². The molecule has 0 saturated carbocycles. The fraction of sp³-hybridized carbons (Fsp3) is 0.0926. The van der Waals surface area contributed by atoms with E-state index in [1.165, 1.54) is 6.07 Å². The third kappa shape index (κ3) is 9.47. The van der Waals surface area contributed by atoms with E-state index >= 15 is 0 Å². The summed E-state index contributed by atoms with van der Waals surface area (Å²) in [7, 11) is -6.04. The number of fused-ring (bicyclic) bond motifs is 1. The molecule has 10 heteroatoms. The molecule has 64 heavy (non-hydrogen) atoms. The molecule has 0 unspecified atom stereocenters. The summed E-state index contributed by atoms with van der Waals surface area (Å²) in [6.07, 6.45) is 6.52. The molecule has 0 atom stereocenters. The number of nitrogens with zero attached hydrogens (tertiary/aromatic N) is 3. The van der Waals surface area contributed by atoms with Gasteiger partial charge in [0.1, 0.15) is 0 Å². The van der Waals surface area contributed by atoms with Crippen LogP contribution in [-0.4, -0.2) is 28.9 Å². The van der Waals surface area contributed by atoms with Crippen LogP contribution in [0.15, 0.2) is 194 Å². The summed E-state index contributed by atoms with van der Waals surface area (Å²) in [6.45, 7) is 0. The second-order valence-corrected chi connectivity index (χ2v) is 17.0. The SMILES string of the molecule is O=S(=O)(Oc1cc(-c2ccc3ccccc3n2)ccc1-c1ccccc1-c1cc(CCc2ccc(-c3ccccn3)cc2)cc(CCc2ccc(-c3ccccn3)cc2)c1)C(F)(F)F. The third-order valence-electron chi connectivity index (χ3n) is 11.2. The molecule has 0 spiro atoms. The van der Waals surface area contributed by atoms with Crippen molar-refractivity contribution < 1.29 is 25.8 Å². The van der Waals surface area contributed by atoms with Gasteiger partial charge in [-0.05, 0) is 113 Å². The average Bonchev–Trinajstić information content (AvgIpc) is 3.33. The molecule has 0 aliphatic carbocycles. The summed E-state index contributed by atoms with van der Waals surface area (Å²) in [6, 6.07) is 57.9. The Morgan fingerprint density at radius 1 is 0.438 bits per heavy atom. The lowest BCUT2D eigenvalue weighted by Gasteiger charge is -2.18. The van der Waals surface area contributed by atoms with E-state index in [9.17, 15) is 21.6 Å². The fourth-order valence-corrected chi connectivity index (χ4v) is 8.34. The number of hydrogen-bond donors (Lipinski definition) is 0. The Hall–Kier alpha value is -7.43. The van der Waals surface area contributed by atoms with E-state index in [4.69, 9.17) is 9.17 Å². The molecular formula is C54H40F3N3O3S. The molecule has 0 bridgehead atoms. The van der Waals surface area contributed by atoms with Crippen molar-refractivity contribution >= 4 is 21.0 Å². The number of aryl methyl sites for hydroxylation is 4. The molecule has 0 radical (unpaired) electrons. The minimum Gasteiger partial charge on any atom is -0.375 e. The topological polar surface area (TPSA) is 82.0 Å². The molecule has 3 heterocycles. The number of rotatable bonds is 13. The van der Waals surface area contributed by atoms with Crippen molar-refractivity contribution in [2.75, 3.05) is 0 Å². The maximum atomic E-state index is 13.9. The van der Waals surface area contributed by atoms with Crippen molar-refractivity contribution in [3.8, 4) is 61.8 Å². The number of hydrogen-bond acceptors (Lipinski definition) is 6. The van der Waals surface area contributed by atoms with E-state index in [0.717, 1.165) is 81.4 Å². The minimum atomic E-state index is -6.04. The van der Waals surface area contributed by atoms with Gasteiger partial charge in [-0.25, -0.2) is 4.98 Å². The molecule has 0 amide bonds. The van der Waals surface area contributed by atoms with Crippen LogP contribution in [0.1, 0.15) is 22.3 Å². The van der Waals surface area contributed by atoms with Crippen molar-refractivity contribution in [1.29, 1.82) is 0 Å². The molecule has 0 saturated heterocycles. The van der Waals surface area contributed by atoms with Gasteiger partial charge in [0, 0.05) is 40.0 Å². The second kappa shape index (κ2) is 18.1. The maximum Gasteiger partial charge on any atom is 0.534 e. The van der Waals surface area contributed by atoms with Crippen molar-refractivity contribution in [3.05, 3.63) is 217 Å². The van der Waals surface area contributed by atoms with E-state index in [0.29, 0.717) is 27.9 Å². The smallest absolute Gasteiger partial charge is 0.375 e. The quantitative estimate of drug-likeness (QED) is 0.0848. The van der Waals surface area contributed by atoms with Gasteiger partial charge in [0.15, 0.2) is 5.75 Å². The largest absolute Gasteiger partial charge is 0.534 e. The van der Waals surface area contributed by atoms with Crippen molar-refractivity contribution in [3.63, 3.8) is 0 Å². The Labute approximate surface area is 369 Å². The summed E-state index contributed by atoms with van der Waals surface area (Å²) in [5.74, 6) is -0.461. The number of pyridine rings is 3. The predicted molar refractivity (Wildman–Crippen MR) is 248 cm³/mol. The molecule has 6 nitrogen and oxygen atoms in total. The zero-order valence-corrected chi connectivity index (χ0v) is 35.2. The van der Waals surface area contributed by atoms with Gasteiger partial charge in [0.25, 0.3) is 0 Å². The van der Waals surface area contributed by atoms with Gasteiger partial charge >= 0.3 is 15.6 Å². The number of alkyl halides is 3.